The first-order valence-corrected chi connectivity index (χ1v) is 16.4. The van der Waals surface area contributed by atoms with Crippen LogP contribution in [0.4, 0.5) is 11.4 Å². The molecule has 0 bridgehead atoms. The lowest BCUT2D eigenvalue weighted by Gasteiger charge is -2.14. The molecule has 1 atom stereocenters. The standard InChI is InChI=1S/C39H32N4O6S/c1-24(36(45)40-28-18-15-26(16-19-28)39-43-32-13-6-7-14-34(32)49-39)50-31-12-8-11-29(22-31)41-38(47)33(42-37(46)25-9-4-3-5-10-25)21-27-17-20-30(44)23-35(27)48-2/h3-24,44H,1-2H3,(H,40,45)(H,41,47)(H,42,46)/b33-21+. The number of aromatic nitrogens is 1. The predicted molar refractivity (Wildman–Crippen MR) is 195 cm³/mol. The number of para-hydroxylation sites is 2. The van der Waals surface area contributed by atoms with Crippen molar-refractivity contribution >= 4 is 58.0 Å². The highest BCUT2D eigenvalue weighted by Gasteiger charge is 2.19. The van der Waals surface area contributed by atoms with Crippen LogP contribution < -0.4 is 20.7 Å². The number of thioether (sulfide) groups is 1. The topological polar surface area (TPSA) is 143 Å². The molecule has 50 heavy (non-hydrogen) atoms. The molecule has 0 saturated heterocycles. The summed E-state index contributed by atoms with van der Waals surface area (Å²) in [5.74, 6) is -0.454. The summed E-state index contributed by atoms with van der Waals surface area (Å²) >= 11 is 1.33. The number of rotatable bonds is 11. The summed E-state index contributed by atoms with van der Waals surface area (Å²) in [4.78, 5) is 45.0. The summed E-state index contributed by atoms with van der Waals surface area (Å²) in [6.07, 6.45) is 1.47. The van der Waals surface area contributed by atoms with Gasteiger partial charge in [0.05, 0.1) is 12.4 Å². The molecule has 250 valence electrons. The number of phenolic OH excluding ortho intramolecular Hbond substituents is 1. The summed E-state index contributed by atoms with van der Waals surface area (Å²) in [5.41, 5.74) is 4.15. The van der Waals surface area contributed by atoms with Gasteiger partial charge in [-0.05, 0) is 91.9 Å². The lowest BCUT2D eigenvalue weighted by molar-refractivity contribution is -0.115. The van der Waals surface area contributed by atoms with Gasteiger partial charge in [-0.15, -0.1) is 11.8 Å². The second kappa shape index (κ2) is 15.3. The van der Waals surface area contributed by atoms with E-state index in [0.29, 0.717) is 39.7 Å². The molecule has 6 rings (SSSR count). The Kier molecular flexibility index (Phi) is 10.2. The minimum atomic E-state index is -0.585. The number of fused-ring (bicyclic) bond motifs is 1. The van der Waals surface area contributed by atoms with Crippen molar-refractivity contribution in [3.63, 3.8) is 0 Å². The first kappa shape index (κ1) is 33.6. The van der Waals surface area contributed by atoms with Crippen LogP contribution in [0, 0.1) is 0 Å². The quantitative estimate of drug-likeness (QED) is 0.0802. The van der Waals surface area contributed by atoms with Crippen LogP contribution in [0.1, 0.15) is 22.8 Å². The molecule has 3 amide bonds. The van der Waals surface area contributed by atoms with E-state index in [1.54, 1.807) is 73.7 Å². The minimum absolute atomic E-state index is 0.00931. The van der Waals surface area contributed by atoms with E-state index in [0.717, 1.165) is 16.0 Å². The molecule has 0 saturated carbocycles. The van der Waals surface area contributed by atoms with Crippen LogP contribution in [0.15, 0.2) is 136 Å². The molecule has 0 aliphatic rings. The molecule has 1 heterocycles. The zero-order chi connectivity index (χ0) is 35.0. The summed E-state index contributed by atoms with van der Waals surface area (Å²) < 4.78 is 11.2. The Morgan fingerprint density at radius 1 is 0.840 bits per heavy atom. The van der Waals surface area contributed by atoms with E-state index in [4.69, 9.17) is 9.15 Å². The molecule has 0 aliphatic carbocycles. The van der Waals surface area contributed by atoms with Gasteiger partial charge in [-0.3, -0.25) is 14.4 Å². The van der Waals surface area contributed by atoms with Crippen molar-refractivity contribution < 1.29 is 28.6 Å². The maximum Gasteiger partial charge on any atom is 0.272 e. The second-order valence-corrected chi connectivity index (χ2v) is 12.5. The van der Waals surface area contributed by atoms with Crippen molar-refractivity contribution in [1.82, 2.24) is 10.3 Å². The van der Waals surface area contributed by atoms with Gasteiger partial charge in [-0.25, -0.2) is 4.98 Å². The van der Waals surface area contributed by atoms with Crippen molar-refractivity contribution in [1.29, 1.82) is 0 Å². The average molecular weight is 685 g/mol. The van der Waals surface area contributed by atoms with Crippen LogP contribution in [0.2, 0.25) is 0 Å². The second-order valence-electron chi connectivity index (χ2n) is 11.1. The number of ether oxygens (including phenoxy) is 1. The maximum atomic E-state index is 13.6. The van der Waals surface area contributed by atoms with E-state index in [-0.39, 0.29) is 17.4 Å². The van der Waals surface area contributed by atoms with Gasteiger partial charge in [0, 0.05) is 39.0 Å². The highest BCUT2D eigenvalue weighted by Crippen LogP contribution is 2.29. The first-order chi connectivity index (χ1) is 24.2. The molecule has 11 heteroatoms. The Morgan fingerprint density at radius 3 is 2.36 bits per heavy atom. The predicted octanol–water partition coefficient (Wildman–Crippen LogP) is 7.74. The van der Waals surface area contributed by atoms with E-state index >= 15 is 0 Å². The number of carbonyl (C=O) groups is 3. The summed E-state index contributed by atoms with van der Waals surface area (Å²) in [7, 11) is 1.44. The Morgan fingerprint density at radius 2 is 1.60 bits per heavy atom. The average Bonchev–Trinajstić information content (AvgIpc) is 3.57. The van der Waals surface area contributed by atoms with Gasteiger partial charge in [-0.1, -0.05) is 36.4 Å². The van der Waals surface area contributed by atoms with E-state index in [1.807, 2.05) is 42.5 Å². The third kappa shape index (κ3) is 8.20. The third-order valence-electron chi connectivity index (χ3n) is 7.51. The number of amides is 3. The molecule has 4 N–H and O–H groups in total. The highest BCUT2D eigenvalue weighted by atomic mass is 32.2. The molecular formula is C39H32N4O6S. The van der Waals surface area contributed by atoms with E-state index in [9.17, 15) is 19.5 Å². The molecule has 0 aliphatic heterocycles. The van der Waals surface area contributed by atoms with Crippen LogP contribution in [0.25, 0.3) is 28.6 Å². The van der Waals surface area contributed by atoms with Gasteiger partial charge in [0.25, 0.3) is 11.8 Å². The van der Waals surface area contributed by atoms with Gasteiger partial charge in [0.15, 0.2) is 5.58 Å². The van der Waals surface area contributed by atoms with Crippen molar-refractivity contribution in [3.8, 4) is 23.0 Å². The molecule has 10 nitrogen and oxygen atoms in total. The van der Waals surface area contributed by atoms with E-state index in [2.05, 4.69) is 20.9 Å². The van der Waals surface area contributed by atoms with Gasteiger partial charge in [0.1, 0.15) is 22.7 Å². The van der Waals surface area contributed by atoms with E-state index < -0.39 is 17.1 Å². The number of benzene rings is 5. The fourth-order valence-electron chi connectivity index (χ4n) is 4.96. The highest BCUT2D eigenvalue weighted by molar-refractivity contribution is 8.00. The zero-order valence-corrected chi connectivity index (χ0v) is 27.9. The van der Waals surface area contributed by atoms with Gasteiger partial charge >= 0.3 is 0 Å². The summed E-state index contributed by atoms with van der Waals surface area (Å²) in [5, 5.41) is 17.9. The van der Waals surface area contributed by atoms with Crippen LogP contribution in [-0.4, -0.2) is 40.2 Å². The van der Waals surface area contributed by atoms with Crippen LogP contribution in [0.5, 0.6) is 11.5 Å². The van der Waals surface area contributed by atoms with Gasteiger partial charge in [0.2, 0.25) is 11.8 Å². The fraction of sp³-hybridized carbons (Fsp3) is 0.0769. The molecule has 1 aromatic heterocycles. The smallest absolute Gasteiger partial charge is 0.272 e. The molecule has 0 spiro atoms. The van der Waals surface area contributed by atoms with Crippen molar-refractivity contribution in [2.75, 3.05) is 17.7 Å². The Hall–Kier alpha value is -6.33. The first-order valence-electron chi connectivity index (χ1n) is 15.6. The number of oxazole rings is 1. The monoisotopic (exact) mass is 684 g/mol. The molecule has 0 fully saturated rings. The largest absolute Gasteiger partial charge is 0.508 e. The Bertz CT molecular complexity index is 2170. The number of hydrogen-bond donors (Lipinski definition) is 4. The maximum absolute atomic E-state index is 13.6. The van der Waals surface area contributed by atoms with Gasteiger partial charge < -0.3 is 30.2 Å². The molecule has 6 aromatic rings. The van der Waals surface area contributed by atoms with Crippen molar-refractivity contribution in [2.45, 2.75) is 17.1 Å². The van der Waals surface area contributed by atoms with Gasteiger partial charge in [-0.2, -0.15) is 0 Å². The number of phenols is 1. The number of hydrogen-bond acceptors (Lipinski definition) is 8. The lowest BCUT2D eigenvalue weighted by Crippen LogP contribution is -2.30. The van der Waals surface area contributed by atoms with Crippen molar-refractivity contribution in [2.24, 2.45) is 0 Å². The van der Waals surface area contributed by atoms with E-state index in [1.165, 1.54) is 37.1 Å². The van der Waals surface area contributed by atoms with Crippen LogP contribution in [-0.2, 0) is 9.59 Å². The van der Waals surface area contributed by atoms with Crippen molar-refractivity contribution in [3.05, 3.63) is 138 Å². The number of methoxy groups -OCH3 is 1. The fourth-order valence-corrected chi connectivity index (χ4v) is 5.88. The Labute approximate surface area is 292 Å². The SMILES string of the molecule is COc1cc(O)ccc1/C=C(/NC(=O)c1ccccc1)C(=O)Nc1cccc(SC(C)C(=O)Nc2ccc(-c3nc4ccccc4o3)cc2)c1. The van der Waals surface area contributed by atoms with Crippen LogP contribution in [0.3, 0.4) is 0 Å². The summed E-state index contributed by atoms with van der Waals surface area (Å²) in [6, 6.07) is 34.8. The lowest BCUT2D eigenvalue weighted by atomic mass is 10.1. The zero-order valence-electron chi connectivity index (χ0n) is 27.0. The number of nitrogens with zero attached hydrogens (tertiary/aromatic N) is 1. The molecule has 1 unspecified atom stereocenters. The number of anilines is 2. The minimum Gasteiger partial charge on any atom is -0.508 e. The molecule has 0 radical (unpaired) electrons. The summed E-state index contributed by atoms with van der Waals surface area (Å²) in [6.45, 7) is 1.79. The number of carbonyl (C=O) groups excluding carboxylic acids is 3. The number of aromatic hydroxyl groups is 1. The Balaban J connectivity index is 1.12. The van der Waals surface area contributed by atoms with Crippen LogP contribution >= 0.6 is 11.8 Å². The third-order valence-corrected chi connectivity index (χ3v) is 8.61. The molecular weight excluding hydrogens is 653 g/mol. The normalized spacial score (nSPS) is 11.8. The number of nitrogens with one attached hydrogen (secondary N) is 3. The molecule has 5 aromatic carbocycles.